The second-order valence-electron chi connectivity index (χ2n) is 4.22. The predicted octanol–water partition coefficient (Wildman–Crippen LogP) is 4.02. The zero-order valence-corrected chi connectivity index (χ0v) is 10.7. The Morgan fingerprint density at radius 3 is 2.60 bits per heavy atom. The standard InChI is InChI=1S/C12H17BrFN/c1-8(2)6-7-11(15)9-4-3-5-10(14)12(9)13/h3-5,8,11H,6-7,15H2,1-2H3. The van der Waals surface area contributed by atoms with Gasteiger partial charge in [0.15, 0.2) is 0 Å². The van der Waals surface area contributed by atoms with Crippen LogP contribution in [0.3, 0.4) is 0 Å². The van der Waals surface area contributed by atoms with Crippen LogP contribution < -0.4 is 5.73 Å². The van der Waals surface area contributed by atoms with Gasteiger partial charge in [0.2, 0.25) is 0 Å². The van der Waals surface area contributed by atoms with Crippen LogP contribution in [-0.2, 0) is 0 Å². The van der Waals surface area contributed by atoms with Crippen LogP contribution in [0.15, 0.2) is 22.7 Å². The molecule has 84 valence electrons. The number of benzene rings is 1. The van der Waals surface area contributed by atoms with Crippen molar-refractivity contribution < 1.29 is 4.39 Å². The van der Waals surface area contributed by atoms with E-state index in [0.29, 0.717) is 10.4 Å². The zero-order chi connectivity index (χ0) is 11.4. The molecule has 1 aromatic rings. The van der Waals surface area contributed by atoms with Gasteiger partial charge in [0.25, 0.3) is 0 Å². The van der Waals surface area contributed by atoms with E-state index in [2.05, 4.69) is 29.8 Å². The number of nitrogens with two attached hydrogens (primary N) is 1. The van der Waals surface area contributed by atoms with Gasteiger partial charge in [0.1, 0.15) is 5.82 Å². The van der Waals surface area contributed by atoms with Crippen molar-refractivity contribution in [2.24, 2.45) is 11.7 Å². The van der Waals surface area contributed by atoms with Crippen molar-refractivity contribution in [2.75, 3.05) is 0 Å². The van der Waals surface area contributed by atoms with E-state index in [-0.39, 0.29) is 11.9 Å². The van der Waals surface area contributed by atoms with Gasteiger partial charge in [-0.05, 0) is 46.3 Å². The van der Waals surface area contributed by atoms with E-state index in [0.717, 1.165) is 18.4 Å². The molecule has 3 heteroatoms. The average Bonchev–Trinajstić information content (AvgIpc) is 2.18. The molecule has 0 saturated carbocycles. The topological polar surface area (TPSA) is 26.0 Å². The molecule has 1 unspecified atom stereocenters. The molecule has 0 aliphatic rings. The lowest BCUT2D eigenvalue weighted by Crippen LogP contribution is -2.12. The molecule has 0 heterocycles. The summed E-state index contributed by atoms with van der Waals surface area (Å²) in [6.07, 6.45) is 1.95. The molecule has 2 N–H and O–H groups in total. The molecule has 1 rings (SSSR count). The highest BCUT2D eigenvalue weighted by Crippen LogP contribution is 2.27. The number of halogens is 2. The summed E-state index contributed by atoms with van der Waals surface area (Å²) in [6, 6.07) is 4.92. The summed E-state index contributed by atoms with van der Waals surface area (Å²) in [5, 5.41) is 0. The van der Waals surface area contributed by atoms with Crippen molar-refractivity contribution in [3.8, 4) is 0 Å². The molecule has 0 spiro atoms. The molecule has 0 aromatic heterocycles. The highest BCUT2D eigenvalue weighted by Gasteiger charge is 2.12. The maximum absolute atomic E-state index is 13.2. The first-order valence-electron chi connectivity index (χ1n) is 5.22. The van der Waals surface area contributed by atoms with Crippen molar-refractivity contribution in [2.45, 2.75) is 32.7 Å². The summed E-state index contributed by atoms with van der Waals surface area (Å²) in [5.41, 5.74) is 6.87. The average molecular weight is 274 g/mol. The van der Waals surface area contributed by atoms with Gasteiger partial charge in [-0.1, -0.05) is 26.0 Å². The highest BCUT2D eigenvalue weighted by molar-refractivity contribution is 9.10. The Labute approximate surface area is 99.0 Å². The van der Waals surface area contributed by atoms with Crippen LogP contribution in [0.25, 0.3) is 0 Å². The Hall–Kier alpha value is -0.410. The molecule has 0 fully saturated rings. The van der Waals surface area contributed by atoms with E-state index in [4.69, 9.17) is 5.73 Å². The molecule has 1 nitrogen and oxygen atoms in total. The fraction of sp³-hybridized carbons (Fsp3) is 0.500. The fourth-order valence-corrected chi connectivity index (χ4v) is 2.03. The molecule has 0 amide bonds. The summed E-state index contributed by atoms with van der Waals surface area (Å²) in [4.78, 5) is 0. The Kier molecular flexibility index (Phi) is 4.74. The van der Waals surface area contributed by atoms with Gasteiger partial charge < -0.3 is 5.73 Å². The molecule has 0 aliphatic heterocycles. The lowest BCUT2D eigenvalue weighted by molar-refractivity contribution is 0.504. The first-order chi connectivity index (χ1) is 7.02. The third-order valence-electron chi connectivity index (χ3n) is 2.44. The maximum Gasteiger partial charge on any atom is 0.137 e. The Morgan fingerprint density at radius 2 is 2.00 bits per heavy atom. The molecule has 1 aromatic carbocycles. The predicted molar refractivity (Wildman–Crippen MR) is 65.1 cm³/mol. The fourth-order valence-electron chi connectivity index (χ4n) is 1.48. The van der Waals surface area contributed by atoms with Crippen LogP contribution in [0.1, 0.15) is 38.3 Å². The Balaban J connectivity index is 2.73. The third-order valence-corrected chi connectivity index (χ3v) is 3.27. The van der Waals surface area contributed by atoms with Crippen molar-refractivity contribution in [1.29, 1.82) is 0 Å². The van der Waals surface area contributed by atoms with Crippen molar-refractivity contribution in [1.82, 2.24) is 0 Å². The van der Waals surface area contributed by atoms with Gasteiger partial charge in [-0.2, -0.15) is 0 Å². The summed E-state index contributed by atoms with van der Waals surface area (Å²) >= 11 is 3.23. The molecule has 0 aliphatic carbocycles. The molecule has 0 radical (unpaired) electrons. The summed E-state index contributed by atoms with van der Waals surface area (Å²) < 4.78 is 13.7. The van der Waals surface area contributed by atoms with E-state index in [1.165, 1.54) is 6.07 Å². The molecule has 0 bridgehead atoms. The van der Waals surface area contributed by atoms with Gasteiger partial charge in [-0.3, -0.25) is 0 Å². The van der Waals surface area contributed by atoms with Gasteiger partial charge in [0.05, 0.1) is 4.47 Å². The summed E-state index contributed by atoms with van der Waals surface area (Å²) in [7, 11) is 0. The van der Waals surface area contributed by atoms with Gasteiger partial charge in [-0.15, -0.1) is 0 Å². The van der Waals surface area contributed by atoms with E-state index in [1.807, 2.05) is 6.07 Å². The monoisotopic (exact) mass is 273 g/mol. The van der Waals surface area contributed by atoms with Gasteiger partial charge in [-0.25, -0.2) is 4.39 Å². The summed E-state index contributed by atoms with van der Waals surface area (Å²) in [5.74, 6) is 0.385. The van der Waals surface area contributed by atoms with Crippen molar-refractivity contribution in [3.63, 3.8) is 0 Å². The second kappa shape index (κ2) is 5.61. The van der Waals surface area contributed by atoms with E-state index in [1.54, 1.807) is 6.07 Å². The molecule has 1 atom stereocenters. The van der Waals surface area contributed by atoms with Crippen LogP contribution in [0, 0.1) is 11.7 Å². The molecular weight excluding hydrogens is 257 g/mol. The quantitative estimate of drug-likeness (QED) is 0.881. The second-order valence-corrected chi connectivity index (χ2v) is 5.01. The third kappa shape index (κ3) is 3.58. The zero-order valence-electron chi connectivity index (χ0n) is 9.13. The Morgan fingerprint density at radius 1 is 1.33 bits per heavy atom. The first-order valence-corrected chi connectivity index (χ1v) is 6.01. The van der Waals surface area contributed by atoms with Crippen LogP contribution in [0.2, 0.25) is 0 Å². The smallest absolute Gasteiger partial charge is 0.137 e. The number of hydrogen-bond acceptors (Lipinski definition) is 1. The summed E-state index contributed by atoms with van der Waals surface area (Å²) in [6.45, 7) is 4.32. The normalized spacial score (nSPS) is 13.2. The minimum absolute atomic E-state index is 0.0857. The van der Waals surface area contributed by atoms with Crippen LogP contribution >= 0.6 is 15.9 Å². The first kappa shape index (κ1) is 12.7. The molecule has 15 heavy (non-hydrogen) atoms. The van der Waals surface area contributed by atoms with Crippen LogP contribution in [-0.4, -0.2) is 0 Å². The maximum atomic E-state index is 13.2. The van der Waals surface area contributed by atoms with Crippen LogP contribution in [0.5, 0.6) is 0 Å². The van der Waals surface area contributed by atoms with E-state index >= 15 is 0 Å². The van der Waals surface area contributed by atoms with Gasteiger partial charge >= 0.3 is 0 Å². The minimum Gasteiger partial charge on any atom is -0.324 e. The Bertz CT molecular complexity index is 325. The largest absolute Gasteiger partial charge is 0.324 e. The number of rotatable bonds is 4. The van der Waals surface area contributed by atoms with Crippen molar-refractivity contribution in [3.05, 3.63) is 34.1 Å². The molecular formula is C12H17BrFN. The van der Waals surface area contributed by atoms with Crippen LogP contribution in [0.4, 0.5) is 4.39 Å². The lowest BCUT2D eigenvalue weighted by Gasteiger charge is -2.15. The SMILES string of the molecule is CC(C)CCC(N)c1cccc(F)c1Br. The van der Waals surface area contributed by atoms with Crippen molar-refractivity contribution >= 4 is 15.9 Å². The molecule has 0 saturated heterocycles. The minimum atomic E-state index is -0.243. The van der Waals surface area contributed by atoms with Gasteiger partial charge in [0, 0.05) is 6.04 Å². The van der Waals surface area contributed by atoms with E-state index in [9.17, 15) is 4.39 Å². The number of hydrogen-bond donors (Lipinski definition) is 1. The highest BCUT2D eigenvalue weighted by atomic mass is 79.9. The van der Waals surface area contributed by atoms with E-state index < -0.39 is 0 Å². The lowest BCUT2D eigenvalue weighted by atomic mass is 9.98.